The van der Waals surface area contributed by atoms with E-state index in [9.17, 15) is 5.11 Å². The van der Waals surface area contributed by atoms with Crippen molar-refractivity contribution in [2.75, 3.05) is 13.7 Å². The Bertz CT molecular complexity index is 344. The number of aliphatic hydroxyl groups is 1. The minimum atomic E-state index is 0.178. The highest BCUT2D eigenvalue weighted by atomic mass is 16.3. The van der Waals surface area contributed by atoms with Gasteiger partial charge in [-0.25, -0.2) is 0 Å². The van der Waals surface area contributed by atoms with Crippen molar-refractivity contribution in [3.05, 3.63) is 35.6 Å². The molecule has 0 spiro atoms. The van der Waals surface area contributed by atoms with Gasteiger partial charge in [0.15, 0.2) is 0 Å². The third-order valence-corrected chi connectivity index (χ3v) is 3.49. The predicted octanol–water partition coefficient (Wildman–Crippen LogP) is 0.945. The molecule has 3 unspecified atom stereocenters. The summed E-state index contributed by atoms with van der Waals surface area (Å²) < 4.78 is 0. The van der Waals surface area contributed by atoms with Crippen molar-refractivity contribution in [1.82, 2.24) is 10.6 Å². The van der Waals surface area contributed by atoms with Crippen LogP contribution in [-0.4, -0.2) is 30.8 Å². The number of nitrogens with one attached hydrogen (secondary N) is 2. The van der Waals surface area contributed by atoms with Gasteiger partial charge in [0.1, 0.15) is 0 Å². The molecule has 2 rings (SSSR count). The van der Waals surface area contributed by atoms with Crippen LogP contribution in [0.3, 0.4) is 0 Å². The van der Waals surface area contributed by atoms with Gasteiger partial charge in [-0.2, -0.15) is 0 Å². The molecule has 0 fully saturated rings. The molecule has 0 bridgehead atoms. The Balaban J connectivity index is 2.38. The summed E-state index contributed by atoms with van der Waals surface area (Å²) in [5.74, 6) is 0.178. The minimum Gasteiger partial charge on any atom is -0.396 e. The lowest BCUT2D eigenvalue weighted by Gasteiger charge is -2.39. The quantitative estimate of drug-likeness (QED) is 0.663. The molecule has 16 heavy (non-hydrogen) atoms. The first-order valence-electron chi connectivity index (χ1n) is 5.95. The van der Waals surface area contributed by atoms with Gasteiger partial charge in [0.25, 0.3) is 0 Å². The fourth-order valence-corrected chi connectivity index (χ4v) is 2.66. The average molecular weight is 220 g/mol. The van der Waals surface area contributed by atoms with Gasteiger partial charge >= 0.3 is 0 Å². The molecule has 0 saturated carbocycles. The van der Waals surface area contributed by atoms with E-state index in [1.165, 1.54) is 11.3 Å². The van der Waals surface area contributed by atoms with E-state index in [1.54, 1.807) is 0 Å². The highest BCUT2D eigenvalue weighted by Gasteiger charge is 2.33. The molecule has 0 aromatic heterocycles. The van der Waals surface area contributed by atoms with E-state index in [2.05, 4.69) is 35.8 Å². The number of aliphatic hydroxyl groups excluding tert-OH is 1. The van der Waals surface area contributed by atoms with Crippen LogP contribution >= 0.6 is 0 Å². The van der Waals surface area contributed by atoms with Gasteiger partial charge < -0.3 is 15.7 Å². The zero-order chi connectivity index (χ0) is 11.5. The van der Waals surface area contributed by atoms with Crippen LogP contribution in [0.4, 0.5) is 0 Å². The Labute approximate surface area is 96.9 Å². The highest BCUT2D eigenvalue weighted by molar-refractivity contribution is 5.42. The van der Waals surface area contributed by atoms with E-state index in [1.807, 2.05) is 13.1 Å². The highest BCUT2D eigenvalue weighted by Crippen LogP contribution is 2.29. The Hall–Kier alpha value is -1.06. The van der Waals surface area contributed by atoms with Crippen LogP contribution in [0, 0.1) is 5.92 Å². The molecule has 0 radical (unpaired) electrons. The zero-order valence-corrected chi connectivity index (χ0v) is 9.90. The molecule has 3 heteroatoms. The molecular formula is C13H20N2O. The van der Waals surface area contributed by atoms with Crippen LogP contribution in [-0.2, 0) is 0 Å². The predicted molar refractivity (Wildman–Crippen MR) is 65.9 cm³/mol. The van der Waals surface area contributed by atoms with E-state index in [4.69, 9.17) is 0 Å². The van der Waals surface area contributed by atoms with Gasteiger partial charge in [-0.1, -0.05) is 31.2 Å². The molecule has 0 aromatic rings. The lowest BCUT2D eigenvalue weighted by molar-refractivity contribution is 0.193. The van der Waals surface area contributed by atoms with E-state index in [0.29, 0.717) is 12.1 Å². The maximum absolute atomic E-state index is 9.53. The maximum atomic E-state index is 9.53. The topological polar surface area (TPSA) is 44.3 Å². The van der Waals surface area contributed by atoms with Crippen molar-refractivity contribution in [3.63, 3.8) is 0 Å². The Morgan fingerprint density at radius 1 is 1.44 bits per heavy atom. The standard InChI is InChI=1S/C13H20N2O/c1-3-11-10(8-16)13(14-2)9-6-4-5-7-12(9)15-11/h4-7,10-12,14-16H,3,8H2,1-2H3. The van der Waals surface area contributed by atoms with Gasteiger partial charge in [-0.3, -0.25) is 0 Å². The van der Waals surface area contributed by atoms with Crippen molar-refractivity contribution in [3.8, 4) is 0 Å². The molecular weight excluding hydrogens is 200 g/mol. The molecule has 2 aliphatic rings. The molecule has 1 heterocycles. The number of fused-ring (bicyclic) bond motifs is 1. The summed E-state index contributed by atoms with van der Waals surface area (Å²) in [7, 11) is 1.94. The molecule has 1 aliphatic carbocycles. The van der Waals surface area contributed by atoms with E-state index < -0.39 is 0 Å². The summed E-state index contributed by atoms with van der Waals surface area (Å²) in [6, 6.07) is 0.637. The van der Waals surface area contributed by atoms with Crippen molar-refractivity contribution < 1.29 is 5.11 Å². The van der Waals surface area contributed by atoms with Gasteiger partial charge in [0.2, 0.25) is 0 Å². The molecule has 3 atom stereocenters. The number of allylic oxidation sites excluding steroid dienone is 2. The van der Waals surface area contributed by atoms with Gasteiger partial charge in [-0.05, 0) is 12.0 Å². The minimum absolute atomic E-state index is 0.178. The van der Waals surface area contributed by atoms with Gasteiger partial charge in [-0.15, -0.1) is 0 Å². The van der Waals surface area contributed by atoms with Gasteiger partial charge in [0, 0.05) is 24.7 Å². The molecule has 3 nitrogen and oxygen atoms in total. The van der Waals surface area contributed by atoms with Crippen LogP contribution in [0.5, 0.6) is 0 Å². The lowest BCUT2D eigenvalue weighted by atomic mass is 9.83. The molecule has 0 saturated heterocycles. The Morgan fingerprint density at radius 3 is 2.88 bits per heavy atom. The smallest absolute Gasteiger partial charge is 0.0529 e. The first-order chi connectivity index (χ1) is 7.81. The molecule has 0 amide bonds. The molecule has 3 N–H and O–H groups in total. The molecule has 88 valence electrons. The Kier molecular flexibility index (Phi) is 3.46. The third-order valence-electron chi connectivity index (χ3n) is 3.49. The van der Waals surface area contributed by atoms with E-state index in [0.717, 1.165) is 6.42 Å². The number of hydrogen-bond acceptors (Lipinski definition) is 3. The summed E-state index contributed by atoms with van der Waals surface area (Å²) >= 11 is 0. The third kappa shape index (κ3) is 1.81. The first-order valence-corrected chi connectivity index (χ1v) is 5.95. The summed E-state index contributed by atoms with van der Waals surface area (Å²) in [5.41, 5.74) is 2.44. The van der Waals surface area contributed by atoms with Gasteiger partial charge in [0.05, 0.1) is 12.6 Å². The van der Waals surface area contributed by atoms with E-state index >= 15 is 0 Å². The second kappa shape index (κ2) is 4.85. The monoisotopic (exact) mass is 220 g/mol. The largest absolute Gasteiger partial charge is 0.396 e. The maximum Gasteiger partial charge on any atom is 0.0529 e. The van der Waals surface area contributed by atoms with Crippen molar-refractivity contribution in [2.45, 2.75) is 25.4 Å². The van der Waals surface area contributed by atoms with Crippen LogP contribution in [0.25, 0.3) is 0 Å². The van der Waals surface area contributed by atoms with Crippen molar-refractivity contribution in [2.24, 2.45) is 5.92 Å². The summed E-state index contributed by atoms with van der Waals surface area (Å²) in [6.45, 7) is 2.34. The van der Waals surface area contributed by atoms with Crippen LogP contribution < -0.4 is 10.6 Å². The average Bonchev–Trinajstić information content (AvgIpc) is 2.36. The van der Waals surface area contributed by atoms with Crippen LogP contribution in [0.1, 0.15) is 13.3 Å². The summed E-state index contributed by atoms with van der Waals surface area (Å²) in [6.07, 6.45) is 9.44. The molecule has 1 aliphatic heterocycles. The summed E-state index contributed by atoms with van der Waals surface area (Å²) in [5, 5.41) is 16.4. The van der Waals surface area contributed by atoms with Crippen LogP contribution in [0.15, 0.2) is 35.6 Å². The van der Waals surface area contributed by atoms with Crippen LogP contribution in [0.2, 0.25) is 0 Å². The van der Waals surface area contributed by atoms with Crippen molar-refractivity contribution in [1.29, 1.82) is 0 Å². The number of hydrogen-bond donors (Lipinski definition) is 3. The lowest BCUT2D eigenvalue weighted by Crippen LogP contribution is -2.51. The fraction of sp³-hybridized carbons (Fsp3) is 0.538. The first kappa shape index (κ1) is 11.4. The SMILES string of the molecule is CCC1NC2C=CC=CC2=C(NC)C1CO. The second-order valence-electron chi connectivity index (χ2n) is 4.31. The number of rotatable bonds is 3. The summed E-state index contributed by atoms with van der Waals surface area (Å²) in [4.78, 5) is 0. The molecule has 0 aromatic carbocycles. The zero-order valence-electron chi connectivity index (χ0n) is 9.90. The second-order valence-corrected chi connectivity index (χ2v) is 4.31. The fourth-order valence-electron chi connectivity index (χ4n) is 2.66. The Morgan fingerprint density at radius 2 is 2.25 bits per heavy atom. The normalized spacial score (nSPS) is 32.8. The van der Waals surface area contributed by atoms with E-state index in [-0.39, 0.29) is 12.5 Å². The van der Waals surface area contributed by atoms with Crippen molar-refractivity contribution >= 4 is 0 Å².